The predicted octanol–water partition coefficient (Wildman–Crippen LogP) is 1.66. The molecule has 1 aliphatic carbocycles. The Morgan fingerprint density at radius 1 is 0.882 bits per heavy atom. The van der Waals surface area contributed by atoms with Crippen LogP contribution in [0.2, 0.25) is 0 Å². The van der Waals surface area contributed by atoms with Gasteiger partial charge in [0, 0.05) is 49.5 Å². The molecule has 0 bridgehead atoms. The second-order valence-electron chi connectivity index (χ2n) is 9.14. The molecule has 8 nitrogen and oxygen atoms in total. The summed E-state index contributed by atoms with van der Waals surface area (Å²) in [6.07, 6.45) is 2.34. The molecule has 0 N–H and O–H groups in total. The Bertz CT molecular complexity index is 1480. The minimum Gasteiger partial charge on any atom is -0.336 e. The van der Waals surface area contributed by atoms with Crippen LogP contribution in [-0.4, -0.2) is 83.8 Å². The third-order valence-electron chi connectivity index (χ3n) is 7.24. The number of ketones is 2. The number of carbonyl (C=O) groups excluding carboxylic acids is 3. The Morgan fingerprint density at radius 3 is 2.24 bits per heavy atom. The van der Waals surface area contributed by atoms with E-state index in [2.05, 4.69) is 4.90 Å². The maximum Gasteiger partial charge on any atom is 0.256 e. The lowest BCUT2D eigenvalue weighted by atomic mass is 9.86. The summed E-state index contributed by atoms with van der Waals surface area (Å²) in [5, 5.41) is 0. The van der Waals surface area contributed by atoms with E-state index in [1.165, 1.54) is 0 Å². The van der Waals surface area contributed by atoms with Crippen LogP contribution in [0.3, 0.4) is 0 Å². The number of piperazine rings is 1. The maximum absolute atomic E-state index is 13.8. The summed E-state index contributed by atoms with van der Waals surface area (Å²) >= 11 is 0. The molecule has 0 spiro atoms. The molecule has 1 aromatic carbocycles. The number of fused-ring (bicyclic) bond motifs is 4. The summed E-state index contributed by atoms with van der Waals surface area (Å²) in [7, 11) is -2.97. The minimum absolute atomic E-state index is 0.000948. The highest BCUT2D eigenvalue weighted by atomic mass is 32.2. The fourth-order valence-corrected chi connectivity index (χ4v) is 7.28. The second kappa shape index (κ2) is 7.61. The van der Waals surface area contributed by atoms with Crippen LogP contribution in [0.4, 0.5) is 0 Å². The normalized spacial score (nSPS) is 22.1. The summed E-state index contributed by atoms with van der Waals surface area (Å²) in [6, 6.07) is 12.0. The first-order chi connectivity index (χ1) is 16.4. The predicted molar refractivity (Wildman–Crippen MR) is 125 cm³/mol. The summed E-state index contributed by atoms with van der Waals surface area (Å²) in [5.41, 5.74) is 1.87. The molecule has 34 heavy (non-hydrogen) atoms. The number of amides is 1. The van der Waals surface area contributed by atoms with Gasteiger partial charge in [-0.25, -0.2) is 8.42 Å². The van der Waals surface area contributed by atoms with Crippen molar-refractivity contribution in [3.05, 3.63) is 76.6 Å². The SMILES string of the molecule is O=C1c2ccccc2C(=O)c2c1c(C(=O)N1CCN(C3CCS(=O)(=O)C3)CC1)c1ccccn21. The summed E-state index contributed by atoms with van der Waals surface area (Å²) < 4.78 is 25.4. The Balaban J connectivity index is 1.36. The maximum atomic E-state index is 13.8. The van der Waals surface area contributed by atoms with Gasteiger partial charge in [-0.3, -0.25) is 19.3 Å². The van der Waals surface area contributed by atoms with Crippen LogP contribution in [0.1, 0.15) is 48.8 Å². The van der Waals surface area contributed by atoms with Crippen molar-refractivity contribution in [3.8, 4) is 0 Å². The topological polar surface area (TPSA) is 96.2 Å². The van der Waals surface area contributed by atoms with Crippen LogP contribution < -0.4 is 0 Å². The first-order valence-electron chi connectivity index (χ1n) is 11.4. The van der Waals surface area contributed by atoms with Crippen molar-refractivity contribution >= 4 is 32.8 Å². The molecule has 174 valence electrons. The zero-order valence-electron chi connectivity index (χ0n) is 18.4. The number of pyridine rings is 1. The van der Waals surface area contributed by atoms with Gasteiger partial charge in [0.25, 0.3) is 5.91 Å². The number of carbonyl (C=O) groups is 3. The van der Waals surface area contributed by atoms with E-state index in [0.717, 1.165) is 0 Å². The van der Waals surface area contributed by atoms with E-state index in [-0.39, 0.29) is 51.8 Å². The van der Waals surface area contributed by atoms with Gasteiger partial charge in [-0.2, -0.15) is 0 Å². The quantitative estimate of drug-likeness (QED) is 0.436. The highest BCUT2D eigenvalue weighted by molar-refractivity contribution is 7.91. The van der Waals surface area contributed by atoms with Gasteiger partial charge in [0.1, 0.15) is 5.69 Å². The monoisotopic (exact) mass is 477 g/mol. The summed E-state index contributed by atoms with van der Waals surface area (Å²) in [5.74, 6) is -0.458. The van der Waals surface area contributed by atoms with Crippen molar-refractivity contribution < 1.29 is 22.8 Å². The average Bonchev–Trinajstić information content (AvgIpc) is 3.40. The molecule has 2 saturated heterocycles. The van der Waals surface area contributed by atoms with Crippen molar-refractivity contribution in [2.45, 2.75) is 12.5 Å². The first kappa shape index (κ1) is 21.2. The Labute approximate surface area is 196 Å². The van der Waals surface area contributed by atoms with E-state index >= 15 is 0 Å². The summed E-state index contributed by atoms with van der Waals surface area (Å²) in [4.78, 5) is 44.5. The second-order valence-corrected chi connectivity index (χ2v) is 11.4. The molecule has 4 heterocycles. The number of nitrogens with zero attached hydrogens (tertiary/aromatic N) is 3. The van der Waals surface area contributed by atoms with Crippen LogP contribution >= 0.6 is 0 Å². The largest absolute Gasteiger partial charge is 0.336 e. The molecule has 0 radical (unpaired) electrons. The van der Waals surface area contributed by atoms with Gasteiger partial charge in [-0.1, -0.05) is 30.3 Å². The summed E-state index contributed by atoms with van der Waals surface area (Å²) in [6.45, 7) is 2.03. The standard InChI is InChI=1S/C25H23N3O5S/c29-23-17-5-1-2-6-18(17)24(30)22-21(23)20(19-7-3-4-9-28(19)22)25(31)27-12-10-26(11-13-27)16-8-14-34(32,33)15-16/h1-7,9,16H,8,10-15H2. The molecule has 6 rings (SSSR count). The van der Waals surface area contributed by atoms with Crippen LogP contribution in [0.5, 0.6) is 0 Å². The van der Waals surface area contributed by atoms with Crippen LogP contribution in [0.15, 0.2) is 48.7 Å². The van der Waals surface area contributed by atoms with Crippen molar-refractivity contribution in [1.82, 2.24) is 14.2 Å². The third-order valence-corrected chi connectivity index (χ3v) is 8.99. The van der Waals surface area contributed by atoms with Gasteiger partial charge in [0.05, 0.1) is 28.1 Å². The zero-order chi connectivity index (χ0) is 23.6. The van der Waals surface area contributed by atoms with Crippen molar-refractivity contribution in [3.63, 3.8) is 0 Å². The number of hydrogen-bond donors (Lipinski definition) is 0. The van der Waals surface area contributed by atoms with Crippen LogP contribution in [0, 0.1) is 0 Å². The lowest BCUT2D eigenvalue weighted by Crippen LogP contribution is -2.52. The number of hydrogen-bond acceptors (Lipinski definition) is 6. The number of rotatable bonds is 2. The van der Waals surface area contributed by atoms with Crippen LogP contribution in [0.25, 0.3) is 5.52 Å². The van der Waals surface area contributed by atoms with E-state index in [9.17, 15) is 22.8 Å². The molecule has 1 unspecified atom stereocenters. The fourth-order valence-electron chi connectivity index (χ4n) is 5.52. The van der Waals surface area contributed by atoms with Gasteiger partial charge in [0.15, 0.2) is 15.6 Å². The molecule has 3 aliphatic rings. The number of benzene rings is 1. The van der Waals surface area contributed by atoms with Gasteiger partial charge < -0.3 is 9.30 Å². The smallest absolute Gasteiger partial charge is 0.256 e. The molecule has 9 heteroatoms. The van der Waals surface area contributed by atoms with Gasteiger partial charge >= 0.3 is 0 Å². The molecule has 1 amide bonds. The van der Waals surface area contributed by atoms with Gasteiger partial charge in [-0.15, -0.1) is 0 Å². The zero-order valence-corrected chi connectivity index (χ0v) is 19.3. The minimum atomic E-state index is -2.97. The molecule has 2 aromatic heterocycles. The Hall–Kier alpha value is -3.30. The molecule has 1 atom stereocenters. The molecular formula is C25H23N3O5S. The highest BCUT2D eigenvalue weighted by Gasteiger charge is 2.40. The van der Waals surface area contributed by atoms with E-state index in [1.807, 2.05) is 0 Å². The number of sulfone groups is 1. The van der Waals surface area contributed by atoms with Crippen molar-refractivity contribution in [2.24, 2.45) is 0 Å². The highest BCUT2D eigenvalue weighted by Crippen LogP contribution is 2.34. The van der Waals surface area contributed by atoms with Gasteiger partial charge in [0.2, 0.25) is 5.78 Å². The molecular weight excluding hydrogens is 454 g/mol. The van der Waals surface area contributed by atoms with Crippen molar-refractivity contribution in [1.29, 1.82) is 0 Å². The van der Waals surface area contributed by atoms with E-state index in [1.54, 1.807) is 58.0 Å². The lowest BCUT2D eigenvalue weighted by molar-refractivity contribution is 0.0587. The third kappa shape index (κ3) is 3.14. The molecule has 3 aromatic rings. The number of aromatic nitrogens is 1. The lowest BCUT2D eigenvalue weighted by Gasteiger charge is -2.37. The van der Waals surface area contributed by atoms with Gasteiger partial charge in [-0.05, 0) is 18.6 Å². The van der Waals surface area contributed by atoms with E-state index in [0.29, 0.717) is 49.2 Å². The van der Waals surface area contributed by atoms with Crippen LogP contribution in [-0.2, 0) is 9.84 Å². The van der Waals surface area contributed by atoms with E-state index in [4.69, 9.17) is 0 Å². The molecule has 0 saturated carbocycles. The molecule has 2 aliphatic heterocycles. The average molecular weight is 478 g/mol. The Morgan fingerprint density at radius 2 is 1.56 bits per heavy atom. The molecule has 2 fully saturated rings. The first-order valence-corrected chi connectivity index (χ1v) is 13.2. The van der Waals surface area contributed by atoms with Crippen molar-refractivity contribution in [2.75, 3.05) is 37.7 Å². The fraction of sp³-hybridized carbons (Fsp3) is 0.320. The van der Waals surface area contributed by atoms with E-state index < -0.39 is 9.84 Å². The Kier molecular flexibility index (Phi) is 4.76.